The second-order valence-corrected chi connectivity index (χ2v) is 5.24. The molecule has 2 aromatic heterocycles. The van der Waals surface area contributed by atoms with E-state index in [1.54, 1.807) is 0 Å². The van der Waals surface area contributed by atoms with Crippen LogP contribution in [0, 0.1) is 0 Å². The van der Waals surface area contributed by atoms with Gasteiger partial charge in [-0.3, -0.25) is 14.7 Å². The SMILES string of the molecule is COC(=O)CCCc1cc(=O)n2[nH]c(-c3ccccc3)cc2n1. The van der Waals surface area contributed by atoms with Gasteiger partial charge in [-0.05, 0) is 18.4 Å². The van der Waals surface area contributed by atoms with Crippen molar-refractivity contribution in [3.05, 3.63) is 58.5 Å². The Hall–Kier alpha value is -2.89. The average molecular weight is 311 g/mol. The average Bonchev–Trinajstić information content (AvgIpc) is 3.00. The van der Waals surface area contributed by atoms with Crippen molar-refractivity contribution in [2.75, 3.05) is 7.11 Å². The number of aromatic amines is 1. The molecule has 1 N–H and O–H groups in total. The van der Waals surface area contributed by atoms with Crippen LogP contribution in [0.25, 0.3) is 16.9 Å². The van der Waals surface area contributed by atoms with Crippen LogP contribution in [0.4, 0.5) is 0 Å². The third kappa shape index (κ3) is 3.31. The molecular weight excluding hydrogens is 294 g/mol. The molecule has 118 valence electrons. The van der Waals surface area contributed by atoms with Gasteiger partial charge >= 0.3 is 5.97 Å². The topological polar surface area (TPSA) is 76.5 Å². The van der Waals surface area contributed by atoms with Crippen molar-refractivity contribution >= 4 is 11.6 Å². The number of H-pyrrole nitrogens is 1. The molecule has 6 heteroatoms. The van der Waals surface area contributed by atoms with E-state index in [9.17, 15) is 9.59 Å². The highest BCUT2D eigenvalue weighted by Gasteiger charge is 2.08. The highest BCUT2D eigenvalue weighted by Crippen LogP contribution is 2.17. The molecule has 0 amide bonds. The maximum absolute atomic E-state index is 12.2. The maximum atomic E-state index is 12.2. The van der Waals surface area contributed by atoms with Gasteiger partial charge in [-0.2, -0.15) is 0 Å². The van der Waals surface area contributed by atoms with Crippen molar-refractivity contribution in [2.45, 2.75) is 19.3 Å². The van der Waals surface area contributed by atoms with E-state index in [0.717, 1.165) is 11.3 Å². The van der Waals surface area contributed by atoms with Gasteiger partial charge in [0.2, 0.25) is 0 Å². The zero-order valence-electron chi connectivity index (χ0n) is 12.8. The summed E-state index contributed by atoms with van der Waals surface area (Å²) in [4.78, 5) is 27.8. The number of rotatable bonds is 5. The minimum absolute atomic E-state index is 0.162. The Labute approximate surface area is 132 Å². The number of ether oxygens (including phenoxy) is 1. The van der Waals surface area contributed by atoms with Crippen LogP contribution in [-0.2, 0) is 16.0 Å². The van der Waals surface area contributed by atoms with Crippen molar-refractivity contribution in [3.8, 4) is 11.3 Å². The number of methoxy groups -OCH3 is 1. The van der Waals surface area contributed by atoms with Crippen LogP contribution in [0.3, 0.4) is 0 Å². The zero-order valence-corrected chi connectivity index (χ0v) is 12.8. The molecule has 0 saturated heterocycles. The molecule has 0 aliphatic carbocycles. The molecule has 0 unspecified atom stereocenters. The third-order valence-corrected chi connectivity index (χ3v) is 3.63. The maximum Gasteiger partial charge on any atom is 0.305 e. The molecule has 2 heterocycles. The van der Waals surface area contributed by atoms with E-state index < -0.39 is 0 Å². The number of hydrogen-bond acceptors (Lipinski definition) is 4. The third-order valence-electron chi connectivity index (χ3n) is 3.63. The van der Waals surface area contributed by atoms with Gasteiger partial charge in [0.25, 0.3) is 5.56 Å². The fraction of sp³-hybridized carbons (Fsp3) is 0.235. The number of nitrogens with zero attached hydrogens (tertiary/aromatic N) is 2. The summed E-state index contributed by atoms with van der Waals surface area (Å²) in [5.41, 5.74) is 2.92. The Bertz CT molecular complexity index is 881. The molecule has 3 aromatic rings. The number of fused-ring (bicyclic) bond motifs is 1. The van der Waals surface area contributed by atoms with Gasteiger partial charge in [0.1, 0.15) is 0 Å². The Kier molecular flexibility index (Phi) is 4.23. The van der Waals surface area contributed by atoms with E-state index in [1.165, 1.54) is 17.7 Å². The van der Waals surface area contributed by atoms with Crippen LogP contribution >= 0.6 is 0 Å². The molecule has 0 fully saturated rings. The number of benzene rings is 1. The quantitative estimate of drug-likeness (QED) is 0.733. The molecule has 0 radical (unpaired) electrons. The Balaban J connectivity index is 1.86. The molecule has 0 aliphatic rings. The summed E-state index contributed by atoms with van der Waals surface area (Å²) in [5, 5.41) is 3.06. The molecule has 0 spiro atoms. The molecule has 6 nitrogen and oxygen atoms in total. The van der Waals surface area contributed by atoms with Crippen LogP contribution in [0.1, 0.15) is 18.5 Å². The standard InChI is InChI=1S/C17H17N3O3/c1-23-17(22)9-5-8-13-10-16(21)20-15(18-13)11-14(19-20)12-6-3-2-4-7-12/h2-4,6-7,10-11,19H,5,8-9H2,1H3. The van der Waals surface area contributed by atoms with Gasteiger partial charge < -0.3 is 4.74 Å². The summed E-state index contributed by atoms with van der Waals surface area (Å²) in [5.74, 6) is -0.254. The largest absolute Gasteiger partial charge is 0.469 e. The lowest BCUT2D eigenvalue weighted by atomic mass is 10.1. The minimum Gasteiger partial charge on any atom is -0.469 e. The Morgan fingerprint density at radius 1 is 1.26 bits per heavy atom. The van der Waals surface area contributed by atoms with E-state index in [4.69, 9.17) is 0 Å². The van der Waals surface area contributed by atoms with Gasteiger partial charge in [0, 0.05) is 24.2 Å². The predicted molar refractivity (Wildman–Crippen MR) is 86.2 cm³/mol. The molecular formula is C17H17N3O3. The van der Waals surface area contributed by atoms with E-state index in [2.05, 4.69) is 14.8 Å². The fourth-order valence-corrected chi connectivity index (χ4v) is 2.45. The summed E-state index contributed by atoms with van der Waals surface area (Å²) >= 11 is 0. The van der Waals surface area contributed by atoms with E-state index in [1.807, 2.05) is 36.4 Å². The lowest BCUT2D eigenvalue weighted by molar-refractivity contribution is -0.140. The molecule has 0 saturated carbocycles. The number of nitrogens with one attached hydrogen (secondary N) is 1. The minimum atomic E-state index is -0.254. The second kappa shape index (κ2) is 6.48. The van der Waals surface area contributed by atoms with Crippen molar-refractivity contribution in [3.63, 3.8) is 0 Å². The van der Waals surface area contributed by atoms with Gasteiger partial charge in [-0.25, -0.2) is 9.50 Å². The van der Waals surface area contributed by atoms with E-state index in [0.29, 0.717) is 30.6 Å². The number of aryl methyl sites for hydroxylation is 1. The first kappa shape index (κ1) is 15.0. The summed E-state index contributed by atoms with van der Waals surface area (Å²) in [6, 6.07) is 13.1. The fourth-order valence-electron chi connectivity index (χ4n) is 2.45. The van der Waals surface area contributed by atoms with Crippen LogP contribution < -0.4 is 5.56 Å². The number of carbonyl (C=O) groups excluding carboxylic acids is 1. The van der Waals surface area contributed by atoms with Gasteiger partial charge in [0.05, 0.1) is 12.8 Å². The van der Waals surface area contributed by atoms with Crippen LogP contribution in [0.2, 0.25) is 0 Å². The molecule has 23 heavy (non-hydrogen) atoms. The molecule has 0 atom stereocenters. The monoisotopic (exact) mass is 311 g/mol. The predicted octanol–water partition coefficient (Wildman–Crippen LogP) is 2.19. The van der Waals surface area contributed by atoms with Crippen molar-refractivity contribution in [2.24, 2.45) is 0 Å². The zero-order chi connectivity index (χ0) is 16.2. The lowest BCUT2D eigenvalue weighted by Crippen LogP contribution is -2.15. The van der Waals surface area contributed by atoms with Crippen LogP contribution in [0.15, 0.2) is 47.3 Å². The summed E-state index contributed by atoms with van der Waals surface area (Å²) in [7, 11) is 1.37. The smallest absolute Gasteiger partial charge is 0.305 e. The number of carbonyl (C=O) groups is 1. The summed E-state index contributed by atoms with van der Waals surface area (Å²) < 4.78 is 6.03. The van der Waals surface area contributed by atoms with Crippen molar-refractivity contribution in [1.82, 2.24) is 14.6 Å². The first-order valence-corrected chi connectivity index (χ1v) is 7.41. The number of hydrogen-bond donors (Lipinski definition) is 1. The highest BCUT2D eigenvalue weighted by atomic mass is 16.5. The van der Waals surface area contributed by atoms with Crippen LogP contribution in [0.5, 0.6) is 0 Å². The Morgan fingerprint density at radius 3 is 2.78 bits per heavy atom. The summed E-state index contributed by atoms with van der Waals surface area (Å²) in [6.45, 7) is 0. The van der Waals surface area contributed by atoms with E-state index in [-0.39, 0.29) is 11.5 Å². The van der Waals surface area contributed by atoms with Gasteiger partial charge in [-0.1, -0.05) is 30.3 Å². The first-order chi connectivity index (χ1) is 11.2. The number of aromatic nitrogens is 3. The highest BCUT2D eigenvalue weighted by molar-refractivity contribution is 5.69. The van der Waals surface area contributed by atoms with Crippen molar-refractivity contribution in [1.29, 1.82) is 0 Å². The Morgan fingerprint density at radius 2 is 2.04 bits per heavy atom. The number of esters is 1. The molecule has 3 rings (SSSR count). The lowest BCUT2D eigenvalue weighted by Gasteiger charge is -2.00. The normalized spacial score (nSPS) is 10.8. The van der Waals surface area contributed by atoms with Crippen LogP contribution in [-0.4, -0.2) is 27.7 Å². The molecule has 1 aromatic carbocycles. The molecule has 0 aliphatic heterocycles. The van der Waals surface area contributed by atoms with Gasteiger partial charge in [-0.15, -0.1) is 0 Å². The molecule has 0 bridgehead atoms. The van der Waals surface area contributed by atoms with Gasteiger partial charge in [0.15, 0.2) is 5.65 Å². The van der Waals surface area contributed by atoms with Crippen molar-refractivity contribution < 1.29 is 9.53 Å². The first-order valence-electron chi connectivity index (χ1n) is 7.41. The summed E-state index contributed by atoms with van der Waals surface area (Å²) in [6.07, 6.45) is 1.48. The second-order valence-electron chi connectivity index (χ2n) is 5.24. The van der Waals surface area contributed by atoms with E-state index >= 15 is 0 Å².